The average Bonchev–Trinajstić information content (AvgIpc) is 2.30. The lowest BCUT2D eigenvalue weighted by atomic mass is 10.1. The maximum Gasteiger partial charge on any atom is 0.274 e. The van der Waals surface area contributed by atoms with E-state index in [0.717, 1.165) is 4.90 Å². The van der Waals surface area contributed by atoms with E-state index in [1.807, 2.05) is 0 Å². The molecule has 0 aromatic heterocycles. The summed E-state index contributed by atoms with van der Waals surface area (Å²) in [4.78, 5) is 36.1. The molecule has 0 aliphatic carbocycles. The van der Waals surface area contributed by atoms with Crippen LogP contribution < -0.4 is 15.4 Å². The van der Waals surface area contributed by atoms with Crippen LogP contribution in [0, 0.1) is 0 Å². The first-order valence-electron chi connectivity index (χ1n) is 5.82. The van der Waals surface area contributed by atoms with Gasteiger partial charge in [0.15, 0.2) is 6.10 Å². The van der Waals surface area contributed by atoms with Crippen molar-refractivity contribution in [3.8, 4) is 5.75 Å². The molecule has 2 rings (SSSR count). The zero-order valence-electron chi connectivity index (χ0n) is 10.7. The Morgan fingerprint density at radius 1 is 1.42 bits per heavy atom. The molecule has 0 saturated heterocycles. The van der Waals surface area contributed by atoms with Crippen LogP contribution in [0.15, 0.2) is 18.2 Å². The van der Waals surface area contributed by atoms with Gasteiger partial charge in [-0.3, -0.25) is 14.4 Å². The number of fused-ring (bicyclic) bond motifs is 1. The van der Waals surface area contributed by atoms with Crippen molar-refractivity contribution in [1.29, 1.82) is 0 Å². The molecule has 6 nitrogen and oxygen atoms in total. The molecule has 1 aromatic carbocycles. The highest BCUT2D eigenvalue weighted by molar-refractivity contribution is 6.21. The fraction of sp³-hybridized carbons (Fsp3) is 0.308. The van der Waals surface area contributed by atoms with E-state index in [-0.39, 0.29) is 17.9 Å². The Hall–Kier alpha value is -2.37. The van der Waals surface area contributed by atoms with E-state index in [1.165, 1.54) is 13.0 Å². The smallest absolute Gasteiger partial charge is 0.274 e. The van der Waals surface area contributed by atoms with Crippen LogP contribution in [0.2, 0.25) is 0 Å². The number of benzene rings is 1. The predicted octanol–water partition coefficient (Wildman–Crippen LogP) is 0.888. The molecule has 1 aliphatic rings. The Morgan fingerprint density at radius 3 is 2.74 bits per heavy atom. The number of ether oxygens (including phenoxy) is 1. The van der Waals surface area contributed by atoms with E-state index in [4.69, 9.17) is 10.5 Å². The van der Waals surface area contributed by atoms with Crippen LogP contribution >= 0.6 is 0 Å². The second-order valence-electron chi connectivity index (χ2n) is 4.43. The minimum absolute atomic E-state index is 0.286. The Morgan fingerprint density at radius 2 is 2.11 bits per heavy atom. The third-order valence-electron chi connectivity index (χ3n) is 2.75. The molecule has 0 bridgehead atoms. The van der Waals surface area contributed by atoms with Crippen molar-refractivity contribution in [2.75, 3.05) is 10.6 Å². The molecule has 2 N–H and O–H groups in total. The van der Waals surface area contributed by atoms with Crippen molar-refractivity contribution in [2.45, 2.75) is 26.4 Å². The van der Waals surface area contributed by atoms with Crippen molar-refractivity contribution in [1.82, 2.24) is 0 Å². The highest BCUT2D eigenvalue weighted by Gasteiger charge is 2.35. The first-order chi connectivity index (χ1) is 8.90. The van der Waals surface area contributed by atoms with Crippen molar-refractivity contribution in [2.24, 2.45) is 0 Å². The summed E-state index contributed by atoms with van der Waals surface area (Å²) in [7, 11) is 0. The number of rotatable bonds is 2. The van der Waals surface area contributed by atoms with Gasteiger partial charge in [-0.1, -0.05) is 0 Å². The first-order valence-corrected chi connectivity index (χ1v) is 5.82. The Kier molecular flexibility index (Phi) is 3.25. The Labute approximate surface area is 110 Å². The fourth-order valence-corrected chi connectivity index (χ4v) is 1.90. The fourth-order valence-electron chi connectivity index (χ4n) is 1.90. The Balaban J connectivity index is 2.46. The molecular weight excluding hydrogens is 248 g/mol. The minimum atomic E-state index is -0.771. The largest absolute Gasteiger partial charge is 0.479 e. The number of ketones is 1. The number of Topliss-reactive ketones (excluding diaryl/α,β-unsaturated/α-hetero) is 1. The van der Waals surface area contributed by atoms with Crippen molar-refractivity contribution >= 4 is 29.0 Å². The van der Waals surface area contributed by atoms with Gasteiger partial charge in [-0.2, -0.15) is 0 Å². The SMILES string of the molecule is CC(=O)CC(=O)N1C(=O)C(C)Oc2ccc(N)cc21. The number of nitrogen functional groups attached to an aromatic ring is 1. The summed E-state index contributed by atoms with van der Waals surface area (Å²) in [6.07, 6.45) is -1.10. The molecule has 1 unspecified atom stereocenters. The number of nitrogens with zero attached hydrogens (tertiary/aromatic N) is 1. The summed E-state index contributed by atoms with van der Waals surface area (Å²) in [5.41, 5.74) is 6.35. The summed E-state index contributed by atoms with van der Waals surface area (Å²) in [5, 5.41) is 0. The summed E-state index contributed by atoms with van der Waals surface area (Å²) in [5.74, 6) is -0.968. The summed E-state index contributed by atoms with van der Waals surface area (Å²) in [6, 6.07) is 4.70. The average molecular weight is 262 g/mol. The molecule has 1 aromatic rings. The molecular formula is C13H14N2O4. The molecule has 1 aliphatic heterocycles. The van der Waals surface area contributed by atoms with Crippen molar-refractivity contribution in [3.63, 3.8) is 0 Å². The molecule has 6 heteroatoms. The van der Waals surface area contributed by atoms with Gasteiger partial charge in [0.1, 0.15) is 11.5 Å². The monoisotopic (exact) mass is 262 g/mol. The van der Waals surface area contributed by atoms with Gasteiger partial charge in [0.2, 0.25) is 5.91 Å². The Bertz CT molecular complexity index is 568. The van der Waals surface area contributed by atoms with Crippen LogP contribution in [0.1, 0.15) is 20.3 Å². The lowest BCUT2D eigenvalue weighted by Crippen LogP contribution is -2.48. The third kappa shape index (κ3) is 2.42. The van der Waals surface area contributed by atoms with Crippen LogP contribution in [0.25, 0.3) is 0 Å². The topological polar surface area (TPSA) is 89.7 Å². The number of hydrogen-bond donors (Lipinski definition) is 1. The van der Waals surface area contributed by atoms with Crippen LogP contribution in [-0.4, -0.2) is 23.7 Å². The van der Waals surface area contributed by atoms with Gasteiger partial charge in [-0.15, -0.1) is 0 Å². The summed E-state index contributed by atoms with van der Waals surface area (Å²) in [6.45, 7) is 2.85. The van der Waals surface area contributed by atoms with Gasteiger partial charge < -0.3 is 10.5 Å². The maximum absolute atomic E-state index is 12.1. The van der Waals surface area contributed by atoms with Gasteiger partial charge in [0.25, 0.3) is 5.91 Å². The van der Waals surface area contributed by atoms with E-state index < -0.39 is 17.9 Å². The van der Waals surface area contributed by atoms with Gasteiger partial charge in [-0.25, -0.2) is 4.90 Å². The predicted molar refractivity (Wildman–Crippen MR) is 68.7 cm³/mol. The van der Waals surface area contributed by atoms with Crippen LogP contribution in [-0.2, 0) is 14.4 Å². The minimum Gasteiger partial charge on any atom is -0.479 e. The molecule has 0 fully saturated rings. The van der Waals surface area contributed by atoms with Gasteiger partial charge in [0, 0.05) is 5.69 Å². The lowest BCUT2D eigenvalue weighted by molar-refractivity contribution is -0.132. The van der Waals surface area contributed by atoms with Crippen LogP contribution in [0.5, 0.6) is 5.75 Å². The molecule has 0 radical (unpaired) electrons. The summed E-state index contributed by atoms with van der Waals surface area (Å²) >= 11 is 0. The maximum atomic E-state index is 12.1. The number of carbonyl (C=O) groups excluding carboxylic acids is 3. The van der Waals surface area contributed by atoms with Gasteiger partial charge in [-0.05, 0) is 32.0 Å². The number of carbonyl (C=O) groups is 3. The zero-order chi connectivity index (χ0) is 14.2. The number of hydrogen-bond acceptors (Lipinski definition) is 5. The van der Waals surface area contributed by atoms with Crippen LogP contribution in [0.4, 0.5) is 11.4 Å². The lowest BCUT2D eigenvalue weighted by Gasteiger charge is -2.31. The quantitative estimate of drug-likeness (QED) is 0.631. The second-order valence-corrected chi connectivity index (χ2v) is 4.43. The van der Waals surface area contributed by atoms with Gasteiger partial charge in [0.05, 0.1) is 12.1 Å². The van der Waals surface area contributed by atoms with E-state index in [2.05, 4.69) is 0 Å². The van der Waals surface area contributed by atoms with E-state index in [0.29, 0.717) is 11.4 Å². The highest BCUT2D eigenvalue weighted by atomic mass is 16.5. The van der Waals surface area contributed by atoms with Crippen molar-refractivity contribution in [3.05, 3.63) is 18.2 Å². The number of imide groups is 1. The number of amides is 2. The highest BCUT2D eigenvalue weighted by Crippen LogP contribution is 2.35. The standard InChI is InChI=1S/C13H14N2O4/c1-7(16)5-12(17)15-10-6-9(14)3-4-11(10)19-8(2)13(15)18/h3-4,6,8H,5,14H2,1-2H3. The van der Waals surface area contributed by atoms with E-state index in [1.54, 1.807) is 19.1 Å². The van der Waals surface area contributed by atoms with Crippen LogP contribution in [0.3, 0.4) is 0 Å². The van der Waals surface area contributed by atoms with Gasteiger partial charge >= 0.3 is 0 Å². The zero-order valence-corrected chi connectivity index (χ0v) is 10.7. The third-order valence-corrected chi connectivity index (χ3v) is 2.75. The molecule has 1 atom stereocenters. The second kappa shape index (κ2) is 4.72. The molecule has 100 valence electrons. The number of nitrogens with two attached hydrogens (primary N) is 1. The molecule has 0 spiro atoms. The molecule has 1 heterocycles. The van der Waals surface area contributed by atoms with E-state index >= 15 is 0 Å². The normalized spacial score (nSPS) is 17.7. The first kappa shape index (κ1) is 13.1. The van der Waals surface area contributed by atoms with Crippen molar-refractivity contribution < 1.29 is 19.1 Å². The summed E-state index contributed by atoms with van der Waals surface area (Å²) < 4.78 is 5.40. The number of anilines is 2. The molecule has 19 heavy (non-hydrogen) atoms. The molecule has 2 amide bonds. The van der Waals surface area contributed by atoms with E-state index in [9.17, 15) is 14.4 Å². The molecule has 0 saturated carbocycles.